The topological polar surface area (TPSA) is 82.6 Å². The number of piperidine rings is 1. The number of nitrogens with one attached hydrogen (secondary N) is 1. The van der Waals surface area contributed by atoms with Gasteiger partial charge in [-0.1, -0.05) is 6.07 Å². The van der Waals surface area contributed by atoms with Gasteiger partial charge in [0.05, 0.1) is 4.88 Å². The lowest BCUT2D eigenvalue weighted by atomic mass is 10.0. The largest absolute Gasteiger partial charge is 0.350 e. The third-order valence-electron chi connectivity index (χ3n) is 5.84. The number of aromatic nitrogens is 1. The van der Waals surface area contributed by atoms with Crippen LogP contribution in [-0.4, -0.2) is 57.7 Å². The molecule has 4 heterocycles. The summed E-state index contributed by atoms with van der Waals surface area (Å²) in [6.45, 7) is 3.60. The third kappa shape index (κ3) is 4.38. The van der Waals surface area contributed by atoms with Crippen molar-refractivity contribution in [2.45, 2.75) is 51.2 Å². The van der Waals surface area contributed by atoms with Crippen LogP contribution in [0.4, 0.5) is 0 Å². The second kappa shape index (κ2) is 8.95. The van der Waals surface area contributed by atoms with Crippen molar-refractivity contribution in [1.29, 1.82) is 0 Å². The van der Waals surface area contributed by atoms with E-state index in [2.05, 4.69) is 10.3 Å². The lowest BCUT2D eigenvalue weighted by Crippen LogP contribution is -2.53. The van der Waals surface area contributed by atoms with E-state index < -0.39 is 6.04 Å². The highest BCUT2D eigenvalue weighted by molar-refractivity contribution is 7.13. The molecule has 0 aromatic carbocycles. The number of carbonyl (C=O) groups is 3. The maximum absolute atomic E-state index is 12.8. The number of nitrogens with zero attached hydrogens (tertiary/aromatic N) is 3. The Balaban J connectivity index is 1.35. The van der Waals surface area contributed by atoms with Crippen LogP contribution in [0.2, 0.25) is 0 Å². The predicted octanol–water partition coefficient (Wildman–Crippen LogP) is 2.36. The summed E-state index contributed by atoms with van der Waals surface area (Å²) in [6, 6.07) is 7.15. The maximum Gasteiger partial charge on any atom is 0.263 e. The summed E-state index contributed by atoms with van der Waals surface area (Å²) >= 11 is 1.51. The quantitative estimate of drug-likeness (QED) is 0.796. The first kappa shape index (κ1) is 20.5. The monoisotopic (exact) mass is 426 g/mol. The molecule has 7 nitrogen and oxygen atoms in total. The van der Waals surface area contributed by atoms with Crippen molar-refractivity contribution < 1.29 is 14.4 Å². The van der Waals surface area contributed by atoms with Gasteiger partial charge in [-0.15, -0.1) is 11.3 Å². The number of pyridine rings is 1. The molecule has 0 radical (unpaired) electrons. The number of likely N-dealkylation sites (tertiary alicyclic amines) is 2. The van der Waals surface area contributed by atoms with Gasteiger partial charge >= 0.3 is 0 Å². The van der Waals surface area contributed by atoms with Gasteiger partial charge in [0.2, 0.25) is 11.8 Å². The lowest BCUT2D eigenvalue weighted by Gasteiger charge is -2.39. The molecule has 0 unspecified atom stereocenters. The fourth-order valence-corrected chi connectivity index (χ4v) is 5.12. The highest BCUT2D eigenvalue weighted by Gasteiger charge is 2.41. The van der Waals surface area contributed by atoms with Gasteiger partial charge in [-0.25, -0.2) is 0 Å². The molecule has 4 rings (SSSR count). The molecule has 1 N–H and O–H groups in total. The standard InChI is InChI=1S/C22H26N4O3S/c1-15-4-6-19(30-15)22(29)25-11-8-17(9-12-25)26-18(5-7-20(26)27)21(28)24-14-16-3-2-10-23-13-16/h2-4,6,10,13,17-18H,5,7-9,11-12,14H2,1H3,(H,24,28)/t18-/m0/s1. The summed E-state index contributed by atoms with van der Waals surface area (Å²) in [7, 11) is 0. The van der Waals surface area contributed by atoms with Crippen LogP contribution in [0.15, 0.2) is 36.7 Å². The van der Waals surface area contributed by atoms with Crippen LogP contribution in [0.3, 0.4) is 0 Å². The smallest absolute Gasteiger partial charge is 0.263 e. The maximum atomic E-state index is 12.8. The summed E-state index contributed by atoms with van der Waals surface area (Å²) in [4.78, 5) is 47.6. The van der Waals surface area contributed by atoms with E-state index in [-0.39, 0.29) is 23.8 Å². The minimum Gasteiger partial charge on any atom is -0.350 e. The summed E-state index contributed by atoms with van der Waals surface area (Å²) in [5, 5.41) is 2.95. The van der Waals surface area contributed by atoms with E-state index in [1.165, 1.54) is 11.3 Å². The third-order valence-corrected chi connectivity index (χ3v) is 6.83. The molecule has 0 spiro atoms. The van der Waals surface area contributed by atoms with Crippen LogP contribution in [0, 0.1) is 6.92 Å². The van der Waals surface area contributed by atoms with Gasteiger partial charge in [0.25, 0.3) is 5.91 Å². The summed E-state index contributed by atoms with van der Waals surface area (Å²) in [5.41, 5.74) is 0.928. The number of aryl methyl sites for hydroxylation is 1. The number of rotatable bonds is 5. The highest BCUT2D eigenvalue weighted by atomic mass is 32.1. The lowest BCUT2D eigenvalue weighted by molar-refractivity contribution is -0.138. The number of thiophene rings is 1. The molecule has 2 saturated heterocycles. The predicted molar refractivity (Wildman–Crippen MR) is 114 cm³/mol. The normalized spacial score (nSPS) is 19.9. The average Bonchev–Trinajstić information content (AvgIpc) is 3.38. The van der Waals surface area contributed by atoms with Crippen LogP contribution in [-0.2, 0) is 16.1 Å². The Labute approximate surface area is 180 Å². The van der Waals surface area contributed by atoms with Crippen molar-refractivity contribution in [1.82, 2.24) is 20.1 Å². The Morgan fingerprint density at radius 2 is 2.00 bits per heavy atom. The highest BCUT2D eigenvalue weighted by Crippen LogP contribution is 2.28. The van der Waals surface area contributed by atoms with E-state index in [9.17, 15) is 14.4 Å². The van der Waals surface area contributed by atoms with Crippen LogP contribution in [0.1, 0.15) is 45.8 Å². The number of hydrogen-bond donors (Lipinski definition) is 1. The molecule has 0 aliphatic carbocycles. The molecule has 158 valence electrons. The zero-order valence-electron chi connectivity index (χ0n) is 17.0. The van der Waals surface area contributed by atoms with E-state index >= 15 is 0 Å². The minimum absolute atomic E-state index is 0.00302. The molecule has 2 aromatic heterocycles. The number of amides is 3. The van der Waals surface area contributed by atoms with Gasteiger partial charge in [0.1, 0.15) is 6.04 Å². The van der Waals surface area contributed by atoms with E-state index in [4.69, 9.17) is 0 Å². The summed E-state index contributed by atoms with van der Waals surface area (Å²) < 4.78 is 0. The van der Waals surface area contributed by atoms with Crippen molar-refractivity contribution >= 4 is 29.1 Å². The Kier molecular flexibility index (Phi) is 6.13. The van der Waals surface area contributed by atoms with Crippen molar-refractivity contribution in [3.63, 3.8) is 0 Å². The Hall–Kier alpha value is -2.74. The fourth-order valence-electron chi connectivity index (χ4n) is 4.28. The molecule has 2 aliphatic rings. The van der Waals surface area contributed by atoms with Gasteiger partial charge in [0.15, 0.2) is 0 Å². The summed E-state index contributed by atoms with van der Waals surface area (Å²) in [6.07, 6.45) is 5.77. The van der Waals surface area contributed by atoms with Crippen molar-refractivity contribution in [3.8, 4) is 0 Å². The van der Waals surface area contributed by atoms with Crippen LogP contribution < -0.4 is 5.32 Å². The average molecular weight is 427 g/mol. The van der Waals surface area contributed by atoms with Gasteiger partial charge in [-0.05, 0) is 49.9 Å². The molecule has 2 aliphatic heterocycles. The van der Waals surface area contributed by atoms with Gasteiger partial charge < -0.3 is 15.1 Å². The van der Waals surface area contributed by atoms with Crippen molar-refractivity contribution in [2.24, 2.45) is 0 Å². The molecule has 0 bridgehead atoms. The second-order valence-electron chi connectivity index (χ2n) is 7.87. The van der Waals surface area contributed by atoms with Crippen molar-refractivity contribution in [2.75, 3.05) is 13.1 Å². The molecule has 8 heteroatoms. The molecule has 2 aromatic rings. The van der Waals surface area contributed by atoms with Crippen LogP contribution in [0.5, 0.6) is 0 Å². The minimum atomic E-state index is -0.429. The second-order valence-corrected chi connectivity index (χ2v) is 9.16. The first-order valence-corrected chi connectivity index (χ1v) is 11.2. The molecule has 30 heavy (non-hydrogen) atoms. The Morgan fingerprint density at radius 1 is 1.20 bits per heavy atom. The van der Waals surface area contributed by atoms with E-state index in [0.717, 1.165) is 15.3 Å². The van der Waals surface area contributed by atoms with E-state index in [0.29, 0.717) is 45.3 Å². The van der Waals surface area contributed by atoms with Gasteiger partial charge in [-0.3, -0.25) is 19.4 Å². The fraction of sp³-hybridized carbons (Fsp3) is 0.455. The Bertz CT molecular complexity index is 921. The first-order valence-electron chi connectivity index (χ1n) is 10.4. The molecule has 3 amide bonds. The Morgan fingerprint density at radius 3 is 2.67 bits per heavy atom. The molecule has 1 atom stereocenters. The van der Waals surface area contributed by atoms with E-state index in [1.54, 1.807) is 17.3 Å². The molecular formula is C22H26N4O3S. The van der Waals surface area contributed by atoms with E-state index in [1.807, 2.05) is 36.1 Å². The first-order chi connectivity index (χ1) is 14.5. The molecule has 0 saturated carbocycles. The van der Waals surface area contributed by atoms with Crippen molar-refractivity contribution in [3.05, 3.63) is 52.0 Å². The zero-order chi connectivity index (χ0) is 21.1. The summed E-state index contributed by atoms with van der Waals surface area (Å²) in [5.74, 6) is -0.0162. The number of carbonyl (C=O) groups excluding carboxylic acids is 3. The zero-order valence-corrected chi connectivity index (χ0v) is 17.9. The molecule has 2 fully saturated rings. The van der Waals surface area contributed by atoms with Crippen LogP contribution in [0.25, 0.3) is 0 Å². The van der Waals surface area contributed by atoms with Crippen LogP contribution >= 0.6 is 11.3 Å². The van der Waals surface area contributed by atoms with Gasteiger partial charge in [0, 0.05) is 49.4 Å². The SMILES string of the molecule is Cc1ccc(C(=O)N2CCC(N3C(=O)CC[C@H]3C(=O)NCc3cccnc3)CC2)s1. The number of hydrogen-bond acceptors (Lipinski definition) is 5. The molecular weight excluding hydrogens is 400 g/mol. The van der Waals surface area contributed by atoms with Gasteiger partial charge in [-0.2, -0.15) is 0 Å².